The lowest BCUT2D eigenvalue weighted by molar-refractivity contribution is 0.270. The van der Waals surface area contributed by atoms with Crippen LogP contribution in [0.1, 0.15) is 17.2 Å². The van der Waals surface area contributed by atoms with Crippen LogP contribution < -0.4 is 4.90 Å². The van der Waals surface area contributed by atoms with Gasteiger partial charge in [0.2, 0.25) is 0 Å². The van der Waals surface area contributed by atoms with Crippen molar-refractivity contribution in [2.24, 2.45) is 0 Å². The van der Waals surface area contributed by atoms with Gasteiger partial charge in [0.1, 0.15) is 5.69 Å². The summed E-state index contributed by atoms with van der Waals surface area (Å²) in [6.07, 6.45) is 0. The first-order chi connectivity index (χ1) is 11.3. The zero-order valence-corrected chi connectivity index (χ0v) is 12.7. The van der Waals surface area contributed by atoms with E-state index in [4.69, 9.17) is 4.52 Å². The van der Waals surface area contributed by atoms with Crippen molar-refractivity contribution in [1.82, 2.24) is 5.16 Å². The van der Waals surface area contributed by atoms with Crippen LogP contribution in [0.2, 0.25) is 0 Å². The molecule has 2 aromatic carbocycles. The Kier molecular flexibility index (Phi) is 3.60. The summed E-state index contributed by atoms with van der Waals surface area (Å²) < 4.78 is 5.48. The van der Waals surface area contributed by atoms with Crippen molar-refractivity contribution >= 4 is 5.69 Å². The molecule has 0 bridgehead atoms. The maximum absolute atomic E-state index is 9.59. The number of aliphatic hydroxyl groups excluding tert-OH is 1. The number of aliphatic hydroxyl groups is 1. The Morgan fingerprint density at radius 1 is 1.09 bits per heavy atom. The van der Waals surface area contributed by atoms with E-state index in [1.54, 1.807) is 0 Å². The number of nitrogens with zero attached hydrogens (tertiary/aromatic N) is 2. The molecule has 1 N–H and O–H groups in total. The minimum atomic E-state index is 0.168. The van der Waals surface area contributed by atoms with E-state index in [1.165, 1.54) is 11.3 Å². The average Bonchev–Trinajstić information content (AvgIpc) is 3.21. The van der Waals surface area contributed by atoms with Gasteiger partial charge in [0.15, 0.2) is 5.76 Å². The van der Waals surface area contributed by atoms with Crippen LogP contribution in [0.15, 0.2) is 65.2 Å². The van der Waals surface area contributed by atoms with Gasteiger partial charge in [0, 0.05) is 29.8 Å². The molecule has 116 valence electrons. The molecule has 0 radical (unpaired) electrons. The summed E-state index contributed by atoms with van der Waals surface area (Å²) in [5, 5.41) is 13.8. The lowest BCUT2D eigenvalue weighted by atomic mass is 10.0. The second-order valence-electron chi connectivity index (χ2n) is 5.87. The molecule has 0 amide bonds. The Balaban J connectivity index is 1.57. The van der Waals surface area contributed by atoms with Crippen LogP contribution in [0.25, 0.3) is 11.3 Å². The van der Waals surface area contributed by atoms with Crippen LogP contribution in [0.3, 0.4) is 0 Å². The molecule has 0 spiro atoms. The van der Waals surface area contributed by atoms with Gasteiger partial charge in [0.25, 0.3) is 0 Å². The van der Waals surface area contributed by atoms with E-state index in [1.807, 2.05) is 48.5 Å². The van der Waals surface area contributed by atoms with Gasteiger partial charge in [-0.25, -0.2) is 0 Å². The molecule has 4 rings (SSSR count). The normalized spacial score (nSPS) is 16.6. The minimum absolute atomic E-state index is 0.168. The highest BCUT2D eigenvalue weighted by atomic mass is 16.5. The first-order valence-electron chi connectivity index (χ1n) is 7.81. The second kappa shape index (κ2) is 5.89. The summed E-state index contributed by atoms with van der Waals surface area (Å²) in [4.78, 5) is 2.25. The molecular formula is C19H18N2O2. The van der Waals surface area contributed by atoms with Gasteiger partial charge in [-0.1, -0.05) is 53.7 Å². The Labute approximate surface area is 135 Å². The van der Waals surface area contributed by atoms with E-state index in [2.05, 4.69) is 22.2 Å². The summed E-state index contributed by atoms with van der Waals surface area (Å²) >= 11 is 0. The predicted octanol–water partition coefficient (Wildman–Crippen LogP) is 3.44. The van der Waals surface area contributed by atoms with Crippen molar-refractivity contribution in [3.63, 3.8) is 0 Å². The van der Waals surface area contributed by atoms with Crippen LogP contribution in [-0.2, 0) is 6.54 Å². The maximum Gasteiger partial charge on any atom is 0.167 e. The third-order valence-electron chi connectivity index (χ3n) is 4.35. The molecule has 4 heteroatoms. The fourth-order valence-corrected chi connectivity index (χ4v) is 3.21. The molecule has 2 heterocycles. The monoisotopic (exact) mass is 306 g/mol. The Morgan fingerprint density at radius 3 is 2.70 bits per heavy atom. The Bertz CT molecular complexity index is 798. The van der Waals surface area contributed by atoms with Gasteiger partial charge < -0.3 is 14.5 Å². The largest absolute Gasteiger partial charge is 0.396 e. The van der Waals surface area contributed by atoms with E-state index in [9.17, 15) is 5.11 Å². The van der Waals surface area contributed by atoms with E-state index in [0.717, 1.165) is 23.6 Å². The lowest BCUT2D eigenvalue weighted by Crippen LogP contribution is -2.22. The molecule has 0 fully saturated rings. The first kappa shape index (κ1) is 14.0. The van der Waals surface area contributed by atoms with Crippen LogP contribution in [0.5, 0.6) is 0 Å². The number of hydrogen-bond acceptors (Lipinski definition) is 4. The molecular weight excluding hydrogens is 288 g/mol. The van der Waals surface area contributed by atoms with Crippen molar-refractivity contribution in [3.05, 3.63) is 71.9 Å². The third kappa shape index (κ3) is 2.62. The molecule has 1 unspecified atom stereocenters. The SMILES string of the molecule is OCC1CN(Cc2cc(-c3ccccc3)on2)c2ccccc21. The second-order valence-corrected chi connectivity index (χ2v) is 5.87. The molecule has 1 atom stereocenters. The van der Waals surface area contributed by atoms with Crippen molar-refractivity contribution < 1.29 is 9.63 Å². The van der Waals surface area contributed by atoms with Crippen molar-refractivity contribution in [2.45, 2.75) is 12.5 Å². The van der Waals surface area contributed by atoms with Gasteiger partial charge in [-0.2, -0.15) is 0 Å². The van der Waals surface area contributed by atoms with Crippen molar-refractivity contribution in [3.8, 4) is 11.3 Å². The fraction of sp³-hybridized carbons (Fsp3) is 0.211. The van der Waals surface area contributed by atoms with Crippen LogP contribution in [0.4, 0.5) is 5.69 Å². The van der Waals surface area contributed by atoms with Gasteiger partial charge in [0.05, 0.1) is 13.2 Å². The zero-order chi connectivity index (χ0) is 15.6. The van der Waals surface area contributed by atoms with Crippen molar-refractivity contribution in [2.75, 3.05) is 18.1 Å². The van der Waals surface area contributed by atoms with Gasteiger partial charge in [-0.15, -0.1) is 0 Å². The van der Waals surface area contributed by atoms with Crippen LogP contribution >= 0.6 is 0 Å². The summed E-state index contributed by atoms with van der Waals surface area (Å²) in [6.45, 7) is 1.66. The fourth-order valence-electron chi connectivity index (χ4n) is 3.21. The molecule has 1 aliphatic rings. The zero-order valence-electron chi connectivity index (χ0n) is 12.7. The number of fused-ring (bicyclic) bond motifs is 1. The Morgan fingerprint density at radius 2 is 1.87 bits per heavy atom. The van der Waals surface area contributed by atoms with Crippen molar-refractivity contribution in [1.29, 1.82) is 0 Å². The van der Waals surface area contributed by atoms with Gasteiger partial charge >= 0.3 is 0 Å². The van der Waals surface area contributed by atoms with E-state index < -0.39 is 0 Å². The number of hydrogen-bond donors (Lipinski definition) is 1. The third-order valence-corrected chi connectivity index (χ3v) is 4.35. The van der Waals surface area contributed by atoms with E-state index in [-0.39, 0.29) is 12.5 Å². The molecule has 23 heavy (non-hydrogen) atoms. The molecule has 0 aliphatic carbocycles. The highest BCUT2D eigenvalue weighted by Gasteiger charge is 2.28. The molecule has 0 saturated heterocycles. The molecule has 1 aliphatic heterocycles. The summed E-state index contributed by atoms with van der Waals surface area (Å²) in [6, 6.07) is 20.2. The smallest absolute Gasteiger partial charge is 0.167 e. The lowest BCUT2D eigenvalue weighted by Gasteiger charge is -2.17. The average molecular weight is 306 g/mol. The van der Waals surface area contributed by atoms with Gasteiger partial charge in [-0.05, 0) is 11.6 Å². The molecule has 3 aromatic rings. The van der Waals surface area contributed by atoms with Crippen LogP contribution in [0, 0.1) is 0 Å². The predicted molar refractivity (Wildman–Crippen MR) is 89.3 cm³/mol. The number of anilines is 1. The van der Waals surface area contributed by atoms with E-state index >= 15 is 0 Å². The molecule has 1 aromatic heterocycles. The number of rotatable bonds is 4. The molecule has 0 saturated carbocycles. The number of para-hydroxylation sites is 1. The first-order valence-corrected chi connectivity index (χ1v) is 7.81. The highest BCUT2D eigenvalue weighted by Crippen LogP contribution is 2.36. The van der Waals surface area contributed by atoms with Gasteiger partial charge in [-0.3, -0.25) is 0 Å². The summed E-state index contributed by atoms with van der Waals surface area (Å²) in [5.41, 5.74) is 4.32. The van der Waals surface area contributed by atoms with Crippen LogP contribution in [-0.4, -0.2) is 23.4 Å². The molecule has 4 nitrogen and oxygen atoms in total. The number of aromatic nitrogens is 1. The Hall–Kier alpha value is -2.59. The number of benzene rings is 2. The summed E-state index contributed by atoms with van der Waals surface area (Å²) in [7, 11) is 0. The maximum atomic E-state index is 9.59. The standard InChI is InChI=1S/C19H18N2O2/c22-13-15-11-21(18-9-5-4-8-17(15)18)12-16-10-19(23-20-16)14-6-2-1-3-7-14/h1-10,15,22H,11-13H2. The minimum Gasteiger partial charge on any atom is -0.396 e. The topological polar surface area (TPSA) is 49.5 Å². The quantitative estimate of drug-likeness (QED) is 0.802. The highest BCUT2D eigenvalue weighted by molar-refractivity contribution is 5.61. The van der Waals surface area contributed by atoms with E-state index in [0.29, 0.717) is 6.54 Å². The summed E-state index contributed by atoms with van der Waals surface area (Å²) in [5.74, 6) is 0.957.